The number of rotatable bonds is 3. The molecule has 3 rings (SSSR count). The van der Waals surface area contributed by atoms with Crippen molar-refractivity contribution in [2.24, 2.45) is 5.73 Å². The first kappa shape index (κ1) is 15.9. The molecule has 0 spiro atoms. The summed E-state index contributed by atoms with van der Waals surface area (Å²) in [6, 6.07) is 5.20. The van der Waals surface area contributed by atoms with Crippen LogP contribution in [0.3, 0.4) is 0 Å². The number of aromatic nitrogens is 2. The number of hydrogen-bond acceptors (Lipinski definition) is 6. The largest absolute Gasteiger partial charge is 0.508 e. The number of nitrogens with two attached hydrogens (primary N) is 2. The van der Waals surface area contributed by atoms with Gasteiger partial charge >= 0.3 is 0 Å². The number of carbonyl (C=O) groups excluding carboxylic acids is 1. The van der Waals surface area contributed by atoms with Gasteiger partial charge < -0.3 is 16.6 Å². The summed E-state index contributed by atoms with van der Waals surface area (Å²) in [7, 11) is 0. The molecule has 0 bridgehead atoms. The topological polar surface area (TPSA) is 115 Å². The van der Waals surface area contributed by atoms with E-state index in [0.29, 0.717) is 21.8 Å². The first-order chi connectivity index (χ1) is 11.4. The SMILES string of the molecule is Cc1ccc(O)c(C)c1-c1cc(-c2nccs2)nc(C(N)=O)c1N. The van der Waals surface area contributed by atoms with Gasteiger partial charge in [-0.05, 0) is 42.7 Å². The number of nitrogen functional groups attached to an aromatic ring is 1. The highest BCUT2D eigenvalue weighted by Gasteiger charge is 2.20. The van der Waals surface area contributed by atoms with Crippen LogP contribution < -0.4 is 11.5 Å². The van der Waals surface area contributed by atoms with E-state index >= 15 is 0 Å². The Balaban J connectivity index is 2.36. The van der Waals surface area contributed by atoms with Gasteiger partial charge in [0, 0.05) is 17.1 Å². The lowest BCUT2D eigenvalue weighted by Gasteiger charge is -2.16. The Morgan fingerprint density at radius 2 is 2.04 bits per heavy atom. The van der Waals surface area contributed by atoms with Crippen molar-refractivity contribution >= 4 is 22.9 Å². The van der Waals surface area contributed by atoms with Crippen LogP contribution in [0.15, 0.2) is 29.8 Å². The number of aryl methyl sites for hydroxylation is 1. The Morgan fingerprint density at radius 3 is 2.67 bits per heavy atom. The number of pyridine rings is 1. The molecule has 0 fully saturated rings. The molecule has 3 aromatic rings. The molecule has 2 heterocycles. The summed E-state index contributed by atoms with van der Waals surface area (Å²) in [4.78, 5) is 20.3. The number of thiazole rings is 1. The summed E-state index contributed by atoms with van der Waals surface area (Å²) in [5, 5.41) is 12.5. The Morgan fingerprint density at radius 1 is 1.29 bits per heavy atom. The van der Waals surface area contributed by atoms with E-state index in [0.717, 1.165) is 11.1 Å². The van der Waals surface area contributed by atoms with Gasteiger partial charge in [-0.3, -0.25) is 4.79 Å². The fourth-order valence-corrected chi connectivity index (χ4v) is 3.26. The lowest BCUT2D eigenvalue weighted by atomic mass is 9.93. The maximum Gasteiger partial charge on any atom is 0.269 e. The number of hydrogen-bond donors (Lipinski definition) is 3. The molecular formula is C17H16N4O2S. The van der Waals surface area contributed by atoms with Gasteiger partial charge in [0.05, 0.1) is 5.69 Å². The second-order valence-corrected chi connectivity index (χ2v) is 6.31. The van der Waals surface area contributed by atoms with Crippen molar-refractivity contribution in [2.75, 3.05) is 5.73 Å². The number of primary amides is 1. The van der Waals surface area contributed by atoms with Crippen molar-refractivity contribution in [2.45, 2.75) is 13.8 Å². The summed E-state index contributed by atoms with van der Waals surface area (Å²) in [6.07, 6.45) is 1.66. The first-order valence-electron chi connectivity index (χ1n) is 7.20. The van der Waals surface area contributed by atoms with Crippen LogP contribution in [0.4, 0.5) is 5.69 Å². The van der Waals surface area contributed by atoms with E-state index in [2.05, 4.69) is 9.97 Å². The summed E-state index contributed by atoms with van der Waals surface area (Å²) in [5.74, 6) is -0.550. The van der Waals surface area contributed by atoms with E-state index in [1.54, 1.807) is 31.3 Å². The van der Waals surface area contributed by atoms with Crippen LogP contribution in [0.1, 0.15) is 21.6 Å². The number of carbonyl (C=O) groups is 1. The summed E-state index contributed by atoms with van der Waals surface area (Å²) < 4.78 is 0. The number of phenols is 1. The van der Waals surface area contributed by atoms with Gasteiger partial charge in [0.2, 0.25) is 0 Å². The third-order valence-corrected chi connectivity index (χ3v) is 4.65. The van der Waals surface area contributed by atoms with Gasteiger partial charge in [0.25, 0.3) is 5.91 Å². The lowest BCUT2D eigenvalue weighted by molar-refractivity contribution is 0.0996. The molecule has 0 aliphatic heterocycles. The molecule has 5 N–H and O–H groups in total. The van der Waals surface area contributed by atoms with Crippen LogP contribution in [0.2, 0.25) is 0 Å². The second kappa shape index (κ2) is 5.93. The van der Waals surface area contributed by atoms with E-state index in [1.807, 2.05) is 12.3 Å². The summed E-state index contributed by atoms with van der Waals surface area (Å²) in [5.41, 5.74) is 15.3. The number of aromatic hydroxyl groups is 1. The van der Waals surface area contributed by atoms with Crippen LogP contribution in [0, 0.1) is 13.8 Å². The van der Waals surface area contributed by atoms with E-state index in [4.69, 9.17) is 11.5 Å². The molecule has 0 saturated heterocycles. The zero-order valence-electron chi connectivity index (χ0n) is 13.2. The number of nitrogens with zero attached hydrogens (tertiary/aromatic N) is 2. The van der Waals surface area contributed by atoms with Crippen LogP contribution in [0.5, 0.6) is 5.75 Å². The molecule has 0 aliphatic carbocycles. The average Bonchev–Trinajstić information content (AvgIpc) is 3.07. The number of benzene rings is 1. The Kier molecular flexibility index (Phi) is 3.94. The highest BCUT2D eigenvalue weighted by molar-refractivity contribution is 7.13. The lowest BCUT2D eigenvalue weighted by Crippen LogP contribution is -2.17. The Bertz CT molecular complexity index is 936. The quantitative estimate of drug-likeness (QED) is 0.678. The molecular weight excluding hydrogens is 324 g/mol. The normalized spacial score (nSPS) is 10.8. The number of phenolic OH excluding ortho intramolecular Hbond substituents is 1. The van der Waals surface area contributed by atoms with Crippen LogP contribution in [-0.4, -0.2) is 21.0 Å². The number of anilines is 1. The van der Waals surface area contributed by atoms with Gasteiger partial charge in [-0.15, -0.1) is 11.3 Å². The molecule has 0 aliphatic rings. The van der Waals surface area contributed by atoms with E-state index in [1.165, 1.54) is 11.3 Å². The molecule has 0 unspecified atom stereocenters. The molecule has 0 saturated carbocycles. The Labute approximate surface area is 142 Å². The second-order valence-electron chi connectivity index (χ2n) is 5.42. The van der Waals surface area contributed by atoms with E-state index in [-0.39, 0.29) is 17.1 Å². The Hall–Kier alpha value is -2.93. The van der Waals surface area contributed by atoms with Gasteiger partial charge in [-0.1, -0.05) is 6.07 Å². The fourth-order valence-electron chi connectivity index (χ4n) is 2.66. The minimum Gasteiger partial charge on any atom is -0.508 e. The average molecular weight is 340 g/mol. The molecule has 1 aromatic carbocycles. The molecule has 0 atom stereocenters. The zero-order valence-corrected chi connectivity index (χ0v) is 14.0. The van der Waals surface area contributed by atoms with Crippen molar-refractivity contribution in [3.8, 4) is 27.6 Å². The van der Waals surface area contributed by atoms with Crippen LogP contribution in [-0.2, 0) is 0 Å². The third kappa shape index (κ3) is 2.59. The minimum absolute atomic E-state index is 0.000146. The fraction of sp³-hybridized carbons (Fsp3) is 0.118. The maximum absolute atomic E-state index is 11.8. The smallest absolute Gasteiger partial charge is 0.269 e. The predicted octanol–water partition coefficient (Wildman–Crippen LogP) is 2.88. The number of amides is 1. The summed E-state index contributed by atoms with van der Waals surface area (Å²) >= 11 is 1.40. The van der Waals surface area contributed by atoms with Gasteiger partial charge in [0.1, 0.15) is 16.5 Å². The van der Waals surface area contributed by atoms with Crippen molar-refractivity contribution in [1.82, 2.24) is 9.97 Å². The molecule has 7 heteroatoms. The van der Waals surface area contributed by atoms with Crippen molar-refractivity contribution < 1.29 is 9.90 Å². The predicted molar refractivity (Wildman–Crippen MR) is 94.9 cm³/mol. The zero-order chi connectivity index (χ0) is 17.4. The van der Waals surface area contributed by atoms with Gasteiger partial charge in [-0.2, -0.15) is 0 Å². The third-order valence-electron chi connectivity index (χ3n) is 3.86. The van der Waals surface area contributed by atoms with Crippen molar-refractivity contribution in [3.63, 3.8) is 0 Å². The molecule has 24 heavy (non-hydrogen) atoms. The molecule has 1 amide bonds. The molecule has 0 radical (unpaired) electrons. The molecule has 122 valence electrons. The highest BCUT2D eigenvalue weighted by atomic mass is 32.1. The van der Waals surface area contributed by atoms with Crippen molar-refractivity contribution in [3.05, 3.63) is 46.6 Å². The molecule has 2 aromatic heterocycles. The van der Waals surface area contributed by atoms with Crippen LogP contribution in [0.25, 0.3) is 21.8 Å². The minimum atomic E-state index is -0.706. The molecule has 6 nitrogen and oxygen atoms in total. The highest BCUT2D eigenvalue weighted by Crippen LogP contribution is 2.38. The standard InChI is InChI=1S/C17H16N4O2S/c1-8-3-4-12(22)9(2)13(8)10-7-11(17-20-5-6-24-17)21-15(14(10)18)16(19)23/h3-7,22H,18H2,1-2H3,(H2,19,23). The summed E-state index contributed by atoms with van der Waals surface area (Å²) in [6.45, 7) is 3.71. The first-order valence-corrected chi connectivity index (χ1v) is 8.07. The van der Waals surface area contributed by atoms with Crippen molar-refractivity contribution in [1.29, 1.82) is 0 Å². The van der Waals surface area contributed by atoms with Crippen LogP contribution >= 0.6 is 11.3 Å². The monoisotopic (exact) mass is 340 g/mol. The van der Waals surface area contributed by atoms with Gasteiger partial charge in [0.15, 0.2) is 5.69 Å². The van der Waals surface area contributed by atoms with Gasteiger partial charge in [-0.25, -0.2) is 9.97 Å². The van der Waals surface area contributed by atoms with E-state index in [9.17, 15) is 9.90 Å². The van der Waals surface area contributed by atoms with E-state index < -0.39 is 5.91 Å². The maximum atomic E-state index is 11.8.